The molecule has 5 heteroatoms. The molecule has 0 saturated heterocycles. The molecule has 1 aromatic carbocycles. The first-order chi connectivity index (χ1) is 12.3. The van der Waals surface area contributed by atoms with Gasteiger partial charge in [-0.05, 0) is 49.1 Å². The Morgan fingerprint density at radius 3 is 2.72 bits per heavy atom. The molecule has 2 aliphatic rings. The molecule has 0 N–H and O–H groups in total. The monoisotopic (exact) mass is 332 g/mol. The molecule has 2 saturated carbocycles. The summed E-state index contributed by atoms with van der Waals surface area (Å²) in [5, 5.41) is 1.07. The lowest BCUT2D eigenvalue weighted by Crippen LogP contribution is -2.24. The lowest BCUT2D eigenvalue weighted by Gasteiger charge is -2.13. The van der Waals surface area contributed by atoms with E-state index < -0.39 is 0 Å². The lowest BCUT2D eigenvalue weighted by atomic mass is 10.0. The highest BCUT2D eigenvalue weighted by Gasteiger charge is 2.25. The summed E-state index contributed by atoms with van der Waals surface area (Å²) < 4.78 is 1.61. The van der Waals surface area contributed by atoms with Crippen LogP contribution >= 0.6 is 0 Å². The van der Waals surface area contributed by atoms with Gasteiger partial charge >= 0.3 is 5.69 Å². The van der Waals surface area contributed by atoms with Crippen LogP contribution in [0.2, 0.25) is 0 Å². The predicted octanol–water partition coefficient (Wildman–Crippen LogP) is 3.40. The normalized spacial score (nSPS) is 17.1. The zero-order valence-electron chi connectivity index (χ0n) is 14.1. The molecule has 25 heavy (non-hydrogen) atoms. The highest BCUT2D eigenvalue weighted by Crippen LogP contribution is 2.41. The molecule has 0 amide bonds. The number of hydrogen-bond donors (Lipinski definition) is 0. The molecule has 3 aromatic rings. The lowest BCUT2D eigenvalue weighted by molar-refractivity contribution is 0.710. The molecule has 126 valence electrons. The minimum Gasteiger partial charge on any atom is -0.259 e. The first-order valence-electron chi connectivity index (χ1n) is 9.11. The van der Waals surface area contributed by atoms with Crippen LogP contribution in [0.3, 0.4) is 0 Å². The van der Waals surface area contributed by atoms with E-state index in [-0.39, 0.29) is 5.69 Å². The molecule has 5 nitrogen and oxygen atoms in total. The molecule has 0 unspecified atom stereocenters. The third-order valence-corrected chi connectivity index (χ3v) is 5.31. The summed E-state index contributed by atoms with van der Waals surface area (Å²) in [7, 11) is 0. The van der Waals surface area contributed by atoms with E-state index in [1.54, 1.807) is 23.2 Å². The highest BCUT2D eigenvalue weighted by molar-refractivity contribution is 5.83. The van der Waals surface area contributed by atoms with Crippen molar-refractivity contribution in [1.29, 1.82) is 0 Å². The average molecular weight is 332 g/mol. The largest absolute Gasteiger partial charge is 0.354 e. The van der Waals surface area contributed by atoms with Crippen LogP contribution in [0, 0.1) is 5.92 Å². The molecule has 0 atom stereocenters. The highest BCUT2D eigenvalue weighted by atomic mass is 16.1. The molecule has 2 heterocycles. The number of aryl methyl sites for hydroxylation is 1. The van der Waals surface area contributed by atoms with Gasteiger partial charge in [-0.3, -0.25) is 4.98 Å². The second-order valence-electron chi connectivity index (χ2n) is 7.27. The van der Waals surface area contributed by atoms with E-state index in [0.29, 0.717) is 11.7 Å². The third kappa shape index (κ3) is 2.84. The maximum absolute atomic E-state index is 12.8. The van der Waals surface area contributed by atoms with Crippen molar-refractivity contribution in [3.8, 4) is 5.82 Å². The van der Waals surface area contributed by atoms with Gasteiger partial charge in [-0.15, -0.1) is 0 Å². The molecule has 5 rings (SSSR count). The van der Waals surface area contributed by atoms with Crippen molar-refractivity contribution in [1.82, 2.24) is 19.5 Å². The van der Waals surface area contributed by atoms with E-state index in [2.05, 4.69) is 33.2 Å². The standard InChI is InChI=1S/C20H20N4O/c25-20-23-17(8-3-13-1-2-13)16-7-6-15(14-4-5-14)11-18(16)24(20)19-12-21-9-10-22-19/h6-7,9-14H,1-5,8H2. The van der Waals surface area contributed by atoms with Crippen LogP contribution in [0.25, 0.3) is 16.7 Å². The quantitative estimate of drug-likeness (QED) is 0.718. The van der Waals surface area contributed by atoms with Crippen LogP contribution in [0.1, 0.15) is 49.3 Å². The molecular weight excluding hydrogens is 312 g/mol. The summed E-state index contributed by atoms with van der Waals surface area (Å²) in [5.41, 5.74) is 2.89. The van der Waals surface area contributed by atoms with Gasteiger partial charge in [0.1, 0.15) is 0 Å². The Morgan fingerprint density at radius 1 is 1.12 bits per heavy atom. The van der Waals surface area contributed by atoms with E-state index in [1.165, 1.54) is 31.2 Å². The van der Waals surface area contributed by atoms with Crippen LogP contribution in [0.5, 0.6) is 0 Å². The van der Waals surface area contributed by atoms with Crippen molar-refractivity contribution in [3.05, 3.63) is 58.5 Å². The Kier molecular flexibility index (Phi) is 3.40. The summed E-state index contributed by atoms with van der Waals surface area (Å²) in [5.74, 6) is 1.99. The molecule has 0 radical (unpaired) electrons. The van der Waals surface area contributed by atoms with Crippen LogP contribution < -0.4 is 5.69 Å². The Bertz CT molecular complexity index is 988. The number of aromatic nitrogens is 4. The topological polar surface area (TPSA) is 60.7 Å². The summed E-state index contributed by atoms with van der Waals surface area (Å²) in [6.07, 6.45) is 12.0. The van der Waals surface area contributed by atoms with Crippen LogP contribution in [0.4, 0.5) is 0 Å². The number of rotatable bonds is 5. The van der Waals surface area contributed by atoms with Crippen molar-refractivity contribution in [2.45, 2.75) is 44.4 Å². The molecule has 0 bridgehead atoms. The Labute approximate surface area is 145 Å². The maximum Gasteiger partial charge on any atom is 0.354 e. The molecule has 2 fully saturated rings. The molecule has 0 spiro atoms. The van der Waals surface area contributed by atoms with E-state index in [0.717, 1.165) is 35.4 Å². The summed E-state index contributed by atoms with van der Waals surface area (Å²) in [4.78, 5) is 25.6. The fourth-order valence-corrected chi connectivity index (χ4v) is 3.54. The van der Waals surface area contributed by atoms with Crippen LogP contribution in [0.15, 0.2) is 41.6 Å². The van der Waals surface area contributed by atoms with Crippen LogP contribution in [-0.4, -0.2) is 19.5 Å². The SMILES string of the molecule is O=c1nc(CCC2CC2)c2ccc(C3CC3)cc2n1-c1cnccn1. The van der Waals surface area contributed by atoms with Gasteiger partial charge in [0.15, 0.2) is 5.82 Å². The molecule has 0 aliphatic heterocycles. The number of fused-ring (bicyclic) bond motifs is 1. The van der Waals surface area contributed by atoms with E-state index >= 15 is 0 Å². The van der Waals surface area contributed by atoms with Crippen molar-refractivity contribution in [2.24, 2.45) is 5.92 Å². The Balaban J connectivity index is 1.71. The Hall–Kier alpha value is -2.56. The van der Waals surface area contributed by atoms with Gasteiger partial charge in [0, 0.05) is 17.8 Å². The fraction of sp³-hybridized carbons (Fsp3) is 0.400. The van der Waals surface area contributed by atoms with Crippen molar-refractivity contribution >= 4 is 10.9 Å². The number of hydrogen-bond acceptors (Lipinski definition) is 4. The minimum atomic E-state index is -0.258. The van der Waals surface area contributed by atoms with Gasteiger partial charge in [-0.2, -0.15) is 4.98 Å². The van der Waals surface area contributed by atoms with Gasteiger partial charge in [0.25, 0.3) is 0 Å². The summed E-state index contributed by atoms with van der Waals surface area (Å²) in [6.45, 7) is 0. The minimum absolute atomic E-state index is 0.258. The zero-order valence-corrected chi connectivity index (χ0v) is 14.1. The second-order valence-corrected chi connectivity index (χ2v) is 7.27. The second kappa shape index (κ2) is 5.76. The van der Waals surface area contributed by atoms with Gasteiger partial charge in [-0.1, -0.05) is 25.0 Å². The van der Waals surface area contributed by atoms with E-state index in [9.17, 15) is 4.79 Å². The molecular formula is C20H20N4O. The maximum atomic E-state index is 12.8. The van der Waals surface area contributed by atoms with E-state index in [1.807, 2.05) is 0 Å². The fourth-order valence-electron chi connectivity index (χ4n) is 3.54. The number of nitrogens with zero attached hydrogens (tertiary/aromatic N) is 4. The summed E-state index contributed by atoms with van der Waals surface area (Å²) >= 11 is 0. The van der Waals surface area contributed by atoms with Gasteiger partial charge in [0.05, 0.1) is 17.4 Å². The summed E-state index contributed by atoms with van der Waals surface area (Å²) in [6, 6.07) is 6.50. The third-order valence-electron chi connectivity index (χ3n) is 5.31. The Morgan fingerprint density at radius 2 is 2.00 bits per heavy atom. The predicted molar refractivity (Wildman–Crippen MR) is 96.0 cm³/mol. The van der Waals surface area contributed by atoms with Crippen molar-refractivity contribution in [3.63, 3.8) is 0 Å². The average Bonchev–Trinajstić information content (AvgIpc) is 3.54. The van der Waals surface area contributed by atoms with Gasteiger partial charge in [0.2, 0.25) is 0 Å². The smallest absolute Gasteiger partial charge is 0.259 e. The van der Waals surface area contributed by atoms with Crippen LogP contribution in [-0.2, 0) is 6.42 Å². The first kappa shape index (κ1) is 14.8. The van der Waals surface area contributed by atoms with Gasteiger partial charge in [-0.25, -0.2) is 14.3 Å². The first-order valence-corrected chi connectivity index (χ1v) is 9.11. The van der Waals surface area contributed by atoms with Crippen molar-refractivity contribution < 1.29 is 0 Å². The molecule has 2 aliphatic carbocycles. The van der Waals surface area contributed by atoms with Crippen molar-refractivity contribution in [2.75, 3.05) is 0 Å². The van der Waals surface area contributed by atoms with E-state index in [4.69, 9.17) is 0 Å². The molecule has 2 aromatic heterocycles. The number of benzene rings is 1. The zero-order chi connectivity index (χ0) is 16.8. The van der Waals surface area contributed by atoms with Gasteiger partial charge < -0.3 is 0 Å².